The van der Waals surface area contributed by atoms with Crippen LogP contribution in [0.5, 0.6) is 0 Å². The van der Waals surface area contributed by atoms with E-state index in [9.17, 15) is 9.59 Å². The van der Waals surface area contributed by atoms with Crippen LogP contribution >= 0.6 is 0 Å². The molecule has 0 aromatic rings. The summed E-state index contributed by atoms with van der Waals surface area (Å²) in [6, 6.07) is 0. The summed E-state index contributed by atoms with van der Waals surface area (Å²) >= 11 is 0. The third-order valence-corrected chi connectivity index (χ3v) is 1.32. The van der Waals surface area contributed by atoms with Gasteiger partial charge in [-0.2, -0.15) is 0 Å². The van der Waals surface area contributed by atoms with Gasteiger partial charge in [0.15, 0.2) is 5.41 Å². The van der Waals surface area contributed by atoms with Gasteiger partial charge in [-0.3, -0.25) is 9.59 Å². The van der Waals surface area contributed by atoms with Crippen LogP contribution in [0.2, 0.25) is 0 Å². The normalized spacial score (nSPS) is 9.92. The maximum absolute atomic E-state index is 10.9. The van der Waals surface area contributed by atoms with Crippen LogP contribution < -0.4 is 6.15 Å². The molecule has 0 unspecified atom stereocenters. The molecule has 0 aliphatic carbocycles. The van der Waals surface area contributed by atoms with Crippen molar-refractivity contribution in [3.63, 3.8) is 0 Å². The number of carboxylic acid groups (broad SMARTS) is 1. The molecular formula is C7H15NO4. The summed E-state index contributed by atoms with van der Waals surface area (Å²) in [4.78, 5) is 21.3. The molecule has 0 aromatic carbocycles. The van der Waals surface area contributed by atoms with Crippen LogP contribution in [0.4, 0.5) is 0 Å². The molecule has 0 amide bonds. The summed E-state index contributed by atoms with van der Waals surface area (Å²) < 4.78 is 4.55. The topological polar surface area (TPSA) is 98.6 Å². The third-order valence-electron chi connectivity index (χ3n) is 1.32. The van der Waals surface area contributed by atoms with E-state index in [0.29, 0.717) is 0 Å². The lowest BCUT2D eigenvalue weighted by atomic mass is 9.94. The zero-order valence-corrected chi connectivity index (χ0v) is 7.59. The molecule has 0 aromatic heterocycles. The summed E-state index contributed by atoms with van der Waals surface area (Å²) in [5, 5.41) is 8.54. The quantitative estimate of drug-likeness (QED) is 0.491. The molecule has 0 rings (SSSR count). The van der Waals surface area contributed by atoms with Gasteiger partial charge >= 0.3 is 11.9 Å². The molecule has 72 valence electrons. The van der Waals surface area contributed by atoms with E-state index in [1.807, 2.05) is 0 Å². The van der Waals surface area contributed by atoms with Gasteiger partial charge in [0.1, 0.15) is 0 Å². The monoisotopic (exact) mass is 177 g/mol. The van der Waals surface area contributed by atoms with Gasteiger partial charge in [0, 0.05) is 0 Å². The predicted octanol–water partition coefficient (Wildman–Crippen LogP) is 0.822. The second kappa shape index (κ2) is 4.71. The number of esters is 1. The summed E-state index contributed by atoms with van der Waals surface area (Å²) in [6.45, 7) is 4.46. The zero-order valence-electron chi connectivity index (χ0n) is 7.59. The van der Waals surface area contributed by atoms with Gasteiger partial charge < -0.3 is 16.0 Å². The van der Waals surface area contributed by atoms with Crippen molar-refractivity contribution in [2.45, 2.75) is 20.8 Å². The molecule has 0 bridgehead atoms. The molecule has 0 saturated carbocycles. The Balaban J connectivity index is 0. The third kappa shape index (κ3) is 2.87. The first-order valence-corrected chi connectivity index (χ1v) is 3.33. The first-order chi connectivity index (χ1) is 4.92. The molecule has 0 aliphatic heterocycles. The predicted molar refractivity (Wildman–Crippen MR) is 43.1 cm³/mol. The van der Waals surface area contributed by atoms with Gasteiger partial charge in [-0.05, 0) is 20.8 Å². The largest absolute Gasteiger partial charge is 0.480 e. The lowest BCUT2D eigenvalue weighted by Gasteiger charge is -2.15. The number of carbonyl (C=O) groups is 2. The zero-order chi connectivity index (χ0) is 9.07. The van der Waals surface area contributed by atoms with E-state index in [4.69, 9.17) is 5.11 Å². The van der Waals surface area contributed by atoms with Crippen LogP contribution in [0.1, 0.15) is 20.8 Å². The van der Waals surface area contributed by atoms with E-state index in [0.717, 1.165) is 0 Å². The molecule has 5 nitrogen and oxygen atoms in total. The molecule has 0 spiro atoms. The van der Waals surface area contributed by atoms with E-state index in [-0.39, 0.29) is 12.8 Å². The highest BCUT2D eigenvalue weighted by molar-refractivity contribution is 5.98. The first-order valence-electron chi connectivity index (χ1n) is 3.33. The van der Waals surface area contributed by atoms with Crippen LogP contribution in [-0.2, 0) is 14.3 Å². The lowest BCUT2D eigenvalue weighted by molar-refractivity contribution is -0.165. The minimum absolute atomic E-state index is 0. The second-order valence-corrected chi connectivity index (χ2v) is 2.65. The van der Waals surface area contributed by atoms with Crippen LogP contribution in [-0.4, -0.2) is 23.7 Å². The van der Waals surface area contributed by atoms with Crippen molar-refractivity contribution in [3.8, 4) is 0 Å². The standard InChI is InChI=1S/C7H12O4.H3N/c1-4-11-6(10)7(2,3)5(8)9;/h4H2,1-3H3,(H,8,9);1H3. The fraction of sp³-hybridized carbons (Fsp3) is 0.714. The Morgan fingerprint density at radius 3 is 2.08 bits per heavy atom. The summed E-state index contributed by atoms with van der Waals surface area (Å²) in [5.41, 5.74) is -1.43. The Hall–Kier alpha value is -1.10. The Bertz CT molecular complexity index is 176. The number of hydrogen-bond donors (Lipinski definition) is 2. The van der Waals surface area contributed by atoms with Crippen molar-refractivity contribution < 1.29 is 19.4 Å². The number of carboxylic acids is 1. The molecule has 0 atom stereocenters. The van der Waals surface area contributed by atoms with Crippen molar-refractivity contribution in [2.75, 3.05) is 6.61 Å². The Labute approximate surface area is 71.3 Å². The van der Waals surface area contributed by atoms with Crippen molar-refractivity contribution in [1.29, 1.82) is 0 Å². The van der Waals surface area contributed by atoms with Crippen LogP contribution in [0.25, 0.3) is 0 Å². The number of carbonyl (C=O) groups excluding carboxylic acids is 1. The van der Waals surface area contributed by atoms with Crippen LogP contribution in [0.15, 0.2) is 0 Å². The highest BCUT2D eigenvalue weighted by atomic mass is 16.5. The molecule has 0 aliphatic rings. The van der Waals surface area contributed by atoms with Gasteiger partial charge in [0.25, 0.3) is 0 Å². The second-order valence-electron chi connectivity index (χ2n) is 2.65. The van der Waals surface area contributed by atoms with Gasteiger partial charge in [-0.1, -0.05) is 0 Å². The molecule has 4 N–H and O–H groups in total. The van der Waals surface area contributed by atoms with Gasteiger partial charge in [-0.25, -0.2) is 0 Å². The minimum atomic E-state index is -1.43. The van der Waals surface area contributed by atoms with E-state index >= 15 is 0 Å². The fourth-order valence-corrected chi connectivity index (χ4v) is 0.399. The first kappa shape index (κ1) is 13.5. The Morgan fingerprint density at radius 1 is 1.42 bits per heavy atom. The number of rotatable bonds is 3. The maximum atomic E-state index is 10.9. The summed E-state index contributed by atoms with van der Waals surface area (Å²) in [7, 11) is 0. The maximum Gasteiger partial charge on any atom is 0.322 e. The van der Waals surface area contributed by atoms with Gasteiger partial charge in [0.05, 0.1) is 6.61 Å². The molecule has 5 heteroatoms. The van der Waals surface area contributed by atoms with Gasteiger partial charge in [0.2, 0.25) is 0 Å². The van der Waals surface area contributed by atoms with Crippen LogP contribution in [0.3, 0.4) is 0 Å². The fourth-order valence-electron chi connectivity index (χ4n) is 0.399. The number of aliphatic carboxylic acids is 1. The van der Waals surface area contributed by atoms with E-state index in [2.05, 4.69) is 4.74 Å². The van der Waals surface area contributed by atoms with E-state index < -0.39 is 17.4 Å². The highest BCUT2D eigenvalue weighted by Crippen LogP contribution is 2.16. The van der Waals surface area contributed by atoms with Crippen molar-refractivity contribution in [3.05, 3.63) is 0 Å². The smallest absolute Gasteiger partial charge is 0.322 e. The molecule has 0 radical (unpaired) electrons. The van der Waals surface area contributed by atoms with Crippen LogP contribution in [0, 0.1) is 5.41 Å². The Morgan fingerprint density at radius 2 is 1.83 bits per heavy atom. The van der Waals surface area contributed by atoms with Gasteiger partial charge in [-0.15, -0.1) is 0 Å². The van der Waals surface area contributed by atoms with Crippen molar-refractivity contribution >= 4 is 11.9 Å². The highest BCUT2D eigenvalue weighted by Gasteiger charge is 2.37. The molecule has 0 heterocycles. The van der Waals surface area contributed by atoms with Crippen molar-refractivity contribution in [2.24, 2.45) is 5.41 Å². The summed E-state index contributed by atoms with van der Waals surface area (Å²) in [6.07, 6.45) is 0. The minimum Gasteiger partial charge on any atom is -0.480 e. The average molecular weight is 177 g/mol. The van der Waals surface area contributed by atoms with Crippen molar-refractivity contribution in [1.82, 2.24) is 6.15 Å². The number of ether oxygens (including phenoxy) is 1. The summed E-state index contributed by atoms with van der Waals surface area (Å²) in [5.74, 6) is -1.87. The van der Waals surface area contributed by atoms with E-state index in [1.165, 1.54) is 13.8 Å². The lowest BCUT2D eigenvalue weighted by Crippen LogP contribution is -2.34. The number of hydrogen-bond acceptors (Lipinski definition) is 4. The van der Waals surface area contributed by atoms with E-state index in [1.54, 1.807) is 6.92 Å². The molecule has 0 fully saturated rings. The molecule has 12 heavy (non-hydrogen) atoms. The Kier molecular flexibility index (Phi) is 5.30. The molecule has 0 saturated heterocycles. The molecular weight excluding hydrogens is 162 g/mol. The SMILES string of the molecule is CCOC(=O)C(C)(C)C(=O)O.N. The average Bonchev–Trinajstić information content (AvgIpc) is 1.88.